The minimum absolute atomic E-state index is 0.0114. The Kier molecular flexibility index (Phi) is 4.78. The summed E-state index contributed by atoms with van der Waals surface area (Å²) in [5, 5.41) is 13.7. The third kappa shape index (κ3) is 3.48. The van der Waals surface area contributed by atoms with Crippen LogP contribution < -0.4 is 10.1 Å². The summed E-state index contributed by atoms with van der Waals surface area (Å²) < 4.78 is 15.2. The molecular weight excluding hydrogens is 388 g/mol. The van der Waals surface area contributed by atoms with Crippen LogP contribution in [-0.4, -0.2) is 29.8 Å². The lowest BCUT2D eigenvalue weighted by molar-refractivity contribution is -0.384. The summed E-state index contributed by atoms with van der Waals surface area (Å²) in [5.41, 5.74) is -0.687. The number of nitro groups is 1. The van der Waals surface area contributed by atoms with Crippen molar-refractivity contribution in [3.63, 3.8) is 0 Å². The van der Waals surface area contributed by atoms with Gasteiger partial charge >= 0.3 is 11.9 Å². The van der Waals surface area contributed by atoms with Gasteiger partial charge in [0.25, 0.3) is 11.5 Å². The maximum Gasteiger partial charge on any atom is 0.350 e. The van der Waals surface area contributed by atoms with Crippen LogP contribution in [0.4, 0.5) is 11.4 Å². The monoisotopic (exact) mass is 400 g/mol. The van der Waals surface area contributed by atoms with Crippen LogP contribution in [-0.2, 0) is 19.1 Å². The number of hydrogen-bond donors (Lipinski definition) is 1. The number of benzene rings is 1. The molecule has 1 aromatic carbocycles. The van der Waals surface area contributed by atoms with Crippen molar-refractivity contribution in [2.45, 2.75) is 19.6 Å². The van der Waals surface area contributed by atoms with Crippen LogP contribution in [0.2, 0.25) is 0 Å². The SMILES string of the molecule is COc1ccc([N+](=O)[O-])c(NC=C2C(=O)OC(C)(C)OC2=O)c1Br. The van der Waals surface area contributed by atoms with Crippen LogP contribution in [0.25, 0.3) is 0 Å². The number of nitro benzene ring substituents is 1. The van der Waals surface area contributed by atoms with Crippen molar-refractivity contribution in [1.82, 2.24) is 0 Å². The van der Waals surface area contributed by atoms with Gasteiger partial charge in [0.2, 0.25) is 0 Å². The van der Waals surface area contributed by atoms with Gasteiger partial charge < -0.3 is 19.5 Å². The van der Waals surface area contributed by atoms with E-state index in [9.17, 15) is 19.7 Å². The fraction of sp³-hybridized carbons (Fsp3) is 0.286. The molecule has 1 aliphatic heterocycles. The highest BCUT2D eigenvalue weighted by Gasteiger charge is 2.39. The Hall–Kier alpha value is -2.62. The number of hydrogen-bond acceptors (Lipinski definition) is 8. The summed E-state index contributed by atoms with van der Waals surface area (Å²) in [6.45, 7) is 2.83. The van der Waals surface area contributed by atoms with E-state index in [0.717, 1.165) is 6.20 Å². The second-order valence-corrected chi connectivity index (χ2v) is 5.91. The second kappa shape index (κ2) is 6.48. The van der Waals surface area contributed by atoms with Gasteiger partial charge in [-0.2, -0.15) is 0 Å². The molecular formula is C14H13BrN2O7. The Balaban J connectivity index is 2.39. The van der Waals surface area contributed by atoms with Gasteiger partial charge in [-0.15, -0.1) is 0 Å². The van der Waals surface area contributed by atoms with E-state index in [1.54, 1.807) is 0 Å². The van der Waals surface area contributed by atoms with Crippen LogP contribution in [0, 0.1) is 10.1 Å². The molecule has 0 atom stereocenters. The number of carbonyl (C=O) groups is 2. The molecule has 1 saturated heterocycles. The maximum atomic E-state index is 11.9. The number of carbonyl (C=O) groups excluding carboxylic acids is 2. The Bertz CT molecular complexity index is 736. The highest BCUT2D eigenvalue weighted by atomic mass is 79.9. The fourth-order valence-electron chi connectivity index (χ4n) is 1.92. The summed E-state index contributed by atoms with van der Waals surface area (Å²) >= 11 is 3.18. The van der Waals surface area contributed by atoms with Gasteiger partial charge in [0.1, 0.15) is 11.4 Å². The van der Waals surface area contributed by atoms with E-state index in [-0.39, 0.29) is 15.8 Å². The minimum Gasteiger partial charge on any atom is -0.495 e. The second-order valence-electron chi connectivity index (χ2n) is 5.11. The van der Waals surface area contributed by atoms with Gasteiger partial charge in [-0.25, -0.2) is 9.59 Å². The predicted molar refractivity (Wildman–Crippen MR) is 85.3 cm³/mol. The molecule has 1 fully saturated rings. The highest BCUT2D eigenvalue weighted by molar-refractivity contribution is 9.10. The Morgan fingerprint density at radius 3 is 2.38 bits per heavy atom. The first-order valence-corrected chi connectivity index (χ1v) is 7.40. The topological polar surface area (TPSA) is 117 Å². The molecule has 9 nitrogen and oxygen atoms in total. The van der Waals surface area contributed by atoms with Gasteiger partial charge in [-0.1, -0.05) is 0 Å². The number of halogens is 1. The summed E-state index contributed by atoms with van der Waals surface area (Å²) in [5.74, 6) is -2.83. The first kappa shape index (κ1) is 17.7. The van der Waals surface area contributed by atoms with E-state index in [4.69, 9.17) is 14.2 Å². The molecule has 1 aromatic rings. The molecule has 1 aliphatic rings. The number of ether oxygens (including phenoxy) is 3. The van der Waals surface area contributed by atoms with Crippen molar-refractivity contribution in [2.24, 2.45) is 0 Å². The van der Waals surface area contributed by atoms with Crippen molar-refractivity contribution in [2.75, 3.05) is 12.4 Å². The summed E-state index contributed by atoms with van der Waals surface area (Å²) in [6, 6.07) is 2.64. The standard InChI is InChI=1S/C14H13BrN2O7/c1-14(2)23-12(18)7(13(19)24-14)6-16-11-8(17(20)21)4-5-9(22-3)10(11)15/h4-6,16H,1-3H3. The average molecular weight is 401 g/mol. The lowest BCUT2D eigenvalue weighted by Crippen LogP contribution is -2.42. The maximum absolute atomic E-state index is 11.9. The Morgan fingerprint density at radius 2 is 1.88 bits per heavy atom. The zero-order valence-electron chi connectivity index (χ0n) is 12.9. The molecule has 0 bridgehead atoms. The average Bonchev–Trinajstić information content (AvgIpc) is 2.46. The number of anilines is 1. The third-order valence-electron chi connectivity index (χ3n) is 2.98. The predicted octanol–water partition coefficient (Wildman–Crippen LogP) is 2.50. The van der Waals surface area contributed by atoms with Crippen LogP contribution >= 0.6 is 15.9 Å². The van der Waals surface area contributed by atoms with Crippen molar-refractivity contribution in [1.29, 1.82) is 0 Å². The molecule has 0 aliphatic carbocycles. The van der Waals surface area contributed by atoms with Gasteiger partial charge in [-0.05, 0) is 22.0 Å². The number of esters is 2. The number of cyclic esters (lactones) is 2. The van der Waals surface area contributed by atoms with Crippen LogP contribution in [0.3, 0.4) is 0 Å². The van der Waals surface area contributed by atoms with Crippen LogP contribution in [0.5, 0.6) is 5.75 Å². The molecule has 0 amide bonds. The van der Waals surface area contributed by atoms with Gasteiger partial charge in [-0.3, -0.25) is 10.1 Å². The Morgan fingerprint density at radius 1 is 1.29 bits per heavy atom. The lowest BCUT2D eigenvalue weighted by atomic mass is 10.2. The highest BCUT2D eigenvalue weighted by Crippen LogP contribution is 2.39. The van der Waals surface area contributed by atoms with Crippen molar-refractivity contribution in [3.8, 4) is 5.75 Å². The van der Waals surface area contributed by atoms with Crippen LogP contribution in [0.15, 0.2) is 28.4 Å². The largest absolute Gasteiger partial charge is 0.495 e. The first-order valence-electron chi connectivity index (χ1n) is 6.60. The minimum atomic E-state index is -1.37. The molecule has 1 N–H and O–H groups in total. The number of nitrogens with one attached hydrogen (secondary N) is 1. The Labute approximate surface area is 144 Å². The van der Waals surface area contributed by atoms with E-state index < -0.39 is 28.2 Å². The smallest absolute Gasteiger partial charge is 0.350 e. The van der Waals surface area contributed by atoms with E-state index in [1.807, 2.05) is 0 Å². The summed E-state index contributed by atoms with van der Waals surface area (Å²) in [7, 11) is 1.39. The molecule has 128 valence electrons. The quantitative estimate of drug-likeness (QED) is 0.269. The van der Waals surface area contributed by atoms with Crippen molar-refractivity contribution < 1.29 is 28.7 Å². The normalized spacial score (nSPS) is 16.1. The van der Waals surface area contributed by atoms with E-state index in [2.05, 4.69) is 21.2 Å². The number of nitrogens with zero attached hydrogens (tertiary/aromatic N) is 1. The summed E-state index contributed by atoms with van der Waals surface area (Å²) in [6.07, 6.45) is 0.992. The van der Waals surface area contributed by atoms with Gasteiger partial charge in [0.15, 0.2) is 5.57 Å². The van der Waals surface area contributed by atoms with Crippen LogP contribution in [0.1, 0.15) is 13.8 Å². The zero-order chi connectivity index (χ0) is 18.1. The molecule has 24 heavy (non-hydrogen) atoms. The number of rotatable bonds is 4. The molecule has 0 radical (unpaired) electrons. The van der Waals surface area contributed by atoms with Gasteiger partial charge in [0.05, 0.1) is 16.5 Å². The molecule has 0 saturated carbocycles. The third-order valence-corrected chi connectivity index (χ3v) is 3.77. The van der Waals surface area contributed by atoms with Gasteiger partial charge in [0, 0.05) is 26.1 Å². The lowest BCUT2D eigenvalue weighted by Gasteiger charge is -2.29. The molecule has 0 unspecified atom stereocenters. The molecule has 0 aromatic heterocycles. The molecule has 1 heterocycles. The fourth-order valence-corrected chi connectivity index (χ4v) is 2.53. The van der Waals surface area contributed by atoms with E-state index in [1.165, 1.54) is 33.1 Å². The number of methoxy groups -OCH3 is 1. The zero-order valence-corrected chi connectivity index (χ0v) is 14.5. The van der Waals surface area contributed by atoms with Crippen molar-refractivity contribution in [3.05, 3.63) is 38.5 Å². The van der Waals surface area contributed by atoms with E-state index in [0.29, 0.717) is 5.75 Å². The molecule has 10 heteroatoms. The van der Waals surface area contributed by atoms with E-state index >= 15 is 0 Å². The first-order chi connectivity index (χ1) is 11.2. The molecule has 2 rings (SSSR count). The molecule has 0 spiro atoms. The van der Waals surface area contributed by atoms with Crippen molar-refractivity contribution >= 4 is 39.2 Å². The summed E-state index contributed by atoms with van der Waals surface area (Å²) in [4.78, 5) is 34.3.